The van der Waals surface area contributed by atoms with Crippen LogP contribution in [0.2, 0.25) is 0 Å². The molecule has 1 aliphatic rings. The van der Waals surface area contributed by atoms with E-state index in [0.717, 1.165) is 10.9 Å². The van der Waals surface area contributed by atoms with Crippen LogP contribution in [0.5, 0.6) is 0 Å². The molecule has 2 heterocycles. The first-order valence-corrected chi connectivity index (χ1v) is 7.76. The number of benzene rings is 1. The number of ether oxygens (including phenoxy) is 1. The van der Waals surface area contributed by atoms with E-state index in [1.54, 1.807) is 6.07 Å². The number of anilines is 1. The second-order valence-corrected chi connectivity index (χ2v) is 5.66. The van der Waals surface area contributed by atoms with Gasteiger partial charge in [-0.25, -0.2) is 4.79 Å². The minimum Gasteiger partial charge on any atom is -0.423 e. The molecule has 1 aromatic carbocycles. The predicted octanol–water partition coefficient (Wildman–Crippen LogP) is 1.75. The zero-order chi connectivity index (χ0) is 17.1. The molecule has 1 aliphatic heterocycles. The molecule has 7 heteroatoms. The minimum absolute atomic E-state index is 0.118. The van der Waals surface area contributed by atoms with Crippen molar-refractivity contribution >= 4 is 28.3 Å². The molecule has 24 heavy (non-hydrogen) atoms. The van der Waals surface area contributed by atoms with Crippen LogP contribution in [0.4, 0.5) is 5.69 Å². The van der Waals surface area contributed by atoms with Crippen LogP contribution in [0.1, 0.15) is 12.5 Å². The molecule has 0 radical (unpaired) electrons. The molecule has 1 aromatic heterocycles. The van der Waals surface area contributed by atoms with E-state index in [-0.39, 0.29) is 5.78 Å². The number of hydrogen-bond donors (Lipinski definition) is 1. The van der Waals surface area contributed by atoms with Gasteiger partial charge in [0, 0.05) is 37.5 Å². The standard InChI is InChI=1S/C17H19N3O4/c1-11-9-16(22)24-15-10-13(3-4-14(11)15)18-19-17(12(2)21)20-5-7-23-8-6-20/h3-4,9-10,18H,5-8H2,1-2H3/b19-17+. The largest absolute Gasteiger partial charge is 0.423 e. The van der Waals surface area contributed by atoms with E-state index in [1.807, 2.05) is 24.0 Å². The van der Waals surface area contributed by atoms with Gasteiger partial charge in [-0.3, -0.25) is 10.2 Å². The lowest BCUT2D eigenvalue weighted by Gasteiger charge is -2.28. The number of nitrogens with zero attached hydrogens (tertiary/aromatic N) is 2. The monoisotopic (exact) mass is 329 g/mol. The molecule has 0 amide bonds. The van der Waals surface area contributed by atoms with Crippen LogP contribution in [-0.4, -0.2) is 42.8 Å². The summed E-state index contributed by atoms with van der Waals surface area (Å²) in [6, 6.07) is 6.84. The summed E-state index contributed by atoms with van der Waals surface area (Å²) in [5.74, 6) is 0.247. The summed E-state index contributed by atoms with van der Waals surface area (Å²) in [5.41, 5.74) is 4.47. The Morgan fingerprint density at radius 2 is 2.00 bits per heavy atom. The third-order valence-electron chi connectivity index (χ3n) is 3.87. The number of amidine groups is 1. The van der Waals surface area contributed by atoms with Gasteiger partial charge in [-0.2, -0.15) is 5.10 Å². The number of ketones is 1. The first-order valence-electron chi connectivity index (χ1n) is 7.76. The molecule has 7 nitrogen and oxygen atoms in total. The Balaban J connectivity index is 1.87. The highest BCUT2D eigenvalue weighted by molar-refractivity contribution is 6.37. The summed E-state index contributed by atoms with van der Waals surface area (Å²) in [5, 5.41) is 5.10. The summed E-state index contributed by atoms with van der Waals surface area (Å²) in [4.78, 5) is 25.2. The molecule has 126 valence electrons. The van der Waals surface area contributed by atoms with Crippen molar-refractivity contribution in [2.75, 3.05) is 31.7 Å². The van der Waals surface area contributed by atoms with Gasteiger partial charge in [0.25, 0.3) is 0 Å². The topological polar surface area (TPSA) is 84.1 Å². The number of Topliss-reactive ketones (excluding diaryl/α,β-unsaturated/α-hetero) is 1. The van der Waals surface area contributed by atoms with Crippen LogP contribution in [0.25, 0.3) is 11.0 Å². The summed E-state index contributed by atoms with van der Waals surface area (Å²) >= 11 is 0. The van der Waals surface area contributed by atoms with Gasteiger partial charge in [-0.15, -0.1) is 0 Å². The van der Waals surface area contributed by atoms with E-state index in [9.17, 15) is 9.59 Å². The maximum absolute atomic E-state index is 11.9. The Bertz CT molecular complexity index is 851. The molecule has 0 atom stereocenters. The number of rotatable bonds is 3. The maximum Gasteiger partial charge on any atom is 0.336 e. The molecule has 0 aliphatic carbocycles. The van der Waals surface area contributed by atoms with Crippen molar-refractivity contribution in [1.29, 1.82) is 0 Å². The van der Waals surface area contributed by atoms with Crippen molar-refractivity contribution in [2.45, 2.75) is 13.8 Å². The number of nitrogens with one attached hydrogen (secondary N) is 1. The van der Waals surface area contributed by atoms with Gasteiger partial charge in [-0.05, 0) is 24.6 Å². The van der Waals surface area contributed by atoms with E-state index in [4.69, 9.17) is 9.15 Å². The molecule has 3 rings (SSSR count). The highest BCUT2D eigenvalue weighted by Crippen LogP contribution is 2.20. The number of aryl methyl sites for hydroxylation is 1. The fourth-order valence-corrected chi connectivity index (χ4v) is 2.66. The van der Waals surface area contributed by atoms with Crippen molar-refractivity contribution in [2.24, 2.45) is 5.10 Å². The van der Waals surface area contributed by atoms with Crippen LogP contribution in [0.3, 0.4) is 0 Å². The van der Waals surface area contributed by atoms with Gasteiger partial charge in [0.15, 0.2) is 11.6 Å². The van der Waals surface area contributed by atoms with Crippen molar-refractivity contribution < 1.29 is 13.9 Å². The molecule has 1 N–H and O–H groups in total. The van der Waals surface area contributed by atoms with E-state index < -0.39 is 5.63 Å². The lowest BCUT2D eigenvalue weighted by atomic mass is 10.1. The van der Waals surface area contributed by atoms with Crippen molar-refractivity contribution in [3.8, 4) is 0 Å². The molecule has 0 saturated carbocycles. The van der Waals surface area contributed by atoms with E-state index >= 15 is 0 Å². The van der Waals surface area contributed by atoms with E-state index in [2.05, 4.69) is 10.5 Å². The second-order valence-electron chi connectivity index (χ2n) is 5.66. The molecule has 0 unspecified atom stereocenters. The fourth-order valence-electron chi connectivity index (χ4n) is 2.66. The highest BCUT2D eigenvalue weighted by Gasteiger charge is 2.18. The van der Waals surface area contributed by atoms with Crippen LogP contribution >= 0.6 is 0 Å². The number of carbonyl (C=O) groups excluding carboxylic acids is 1. The third kappa shape index (κ3) is 3.46. The Kier molecular flexibility index (Phi) is 4.61. The first kappa shape index (κ1) is 16.2. The zero-order valence-electron chi connectivity index (χ0n) is 13.7. The summed E-state index contributed by atoms with van der Waals surface area (Å²) in [6.45, 7) is 5.76. The number of carbonyl (C=O) groups is 1. The summed E-state index contributed by atoms with van der Waals surface area (Å²) in [6.07, 6.45) is 0. The molecule has 2 aromatic rings. The third-order valence-corrected chi connectivity index (χ3v) is 3.87. The predicted molar refractivity (Wildman–Crippen MR) is 91.4 cm³/mol. The van der Waals surface area contributed by atoms with Gasteiger partial charge in [0.2, 0.25) is 0 Å². The van der Waals surface area contributed by atoms with Crippen LogP contribution in [-0.2, 0) is 9.53 Å². The van der Waals surface area contributed by atoms with Crippen LogP contribution < -0.4 is 11.1 Å². The van der Waals surface area contributed by atoms with Gasteiger partial charge >= 0.3 is 5.63 Å². The van der Waals surface area contributed by atoms with E-state index in [1.165, 1.54) is 13.0 Å². The maximum atomic E-state index is 11.9. The Hall–Kier alpha value is -2.67. The number of morpholine rings is 1. The normalized spacial score (nSPS) is 15.6. The minimum atomic E-state index is -0.390. The van der Waals surface area contributed by atoms with Crippen LogP contribution in [0, 0.1) is 6.92 Å². The lowest BCUT2D eigenvalue weighted by molar-refractivity contribution is -0.112. The van der Waals surface area contributed by atoms with Gasteiger partial charge in [-0.1, -0.05) is 0 Å². The first-order chi connectivity index (χ1) is 11.5. The number of fused-ring (bicyclic) bond motifs is 1. The quantitative estimate of drug-likeness (QED) is 0.400. The summed E-state index contributed by atoms with van der Waals surface area (Å²) in [7, 11) is 0. The molecule has 1 fully saturated rings. The Morgan fingerprint density at radius 3 is 2.71 bits per heavy atom. The Morgan fingerprint density at radius 1 is 1.25 bits per heavy atom. The SMILES string of the molecule is CC(=O)/C(=N\Nc1ccc2c(C)cc(=O)oc2c1)N1CCOCC1. The lowest BCUT2D eigenvalue weighted by Crippen LogP contribution is -2.44. The summed E-state index contributed by atoms with van der Waals surface area (Å²) < 4.78 is 10.5. The van der Waals surface area contributed by atoms with E-state index in [0.29, 0.717) is 43.4 Å². The molecule has 0 bridgehead atoms. The fraction of sp³-hybridized carbons (Fsp3) is 0.353. The van der Waals surface area contributed by atoms with Crippen molar-refractivity contribution in [1.82, 2.24) is 4.90 Å². The average Bonchev–Trinajstić information content (AvgIpc) is 2.55. The second kappa shape index (κ2) is 6.84. The molecule has 1 saturated heterocycles. The van der Waals surface area contributed by atoms with Crippen LogP contribution in [0.15, 0.2) is 38.6 Å². The van der Waals surface area contributed by atoms with Crippen molar-refractivity contribution in [3.63, 3.8) is 0 Å². The van der Waals surface area contributed by atoms with Gasteiger partial charge in [0.1, 0.15) is 5.58 Å². The number of hydrazone groups is 1. The van der Waals surface area contributed by atoms with Gasteiger partial charge < -0.3 is 14.1 Å². The number of hydrogen-bond acceptors (Lipinski definition) is 6. The molecular weight excluding hydrogens is 310 g/mol. The smallest absolute Gasteiger partial charge is 0.336 e. The average molecular weight is 329 g/mol. The Labute approximate surface area is 138 Å². The molecular formula is C17H19N3O4. The zero-order valence-corrected chi connectivity index (χ0v) is 13.7. The van der Waals surface area contributed by atoms with Gasteiger partial charge in [0.05, 0.1) is 18.9 Å². The molecule has 0 spiro atoms. The highest BCUT2D eigenvalue weighted by atomic mass is 16.5. The van der Waals surface area contributed by atoms with Crippen molar-refractivity contribution in [3.05, 3.63) is 40.2 Å².